The van der Waals surface area contributed by atoms with Gasteiger partial charge in [-0.2, -0.15) is 0 Å². The summed E-state index contributed by atoms with van der Waals surface area (Å²) >= 11 is 0. The second kappa shape index (κ2) is 12.6. The topological polar surface area (TPSA) is 96.0 Å². The van der Waals surface area contributed by atoms with Crippen molar-refractivity contribution in [3.63, 3.8) is 0 Å². The molecule has 3 aromatic rings. The van der Waals surface area contributed by atoms with E-state index in [1.165, 1.54) is 17.0 Å². The van der Waals surface area contributed by atoms with Gasteiger partial charge in [-0.1, -0.05) is 48.0 Å². The van der Waals surface area contributed by atoms with Gasteiger partial charge in [0.05, 0.1) is 17.7 Å². The zero-order chi connectivity index (χ0) is 27.9. The fourth-order valence-corrected chi connectivity index (χ4v) is 5.29. The van der Waals surface area contributed by atoms with E-state index in [9.17, 15) is 18.0 Å². The minimum Gasteiger partial charge on any atom is -0.497 e. The highest BCUT2D eigenvalue weighted by atomic mass is 32.2. The number of rotatable bonds is 11. The predicted molar refractivity (Wildman–Crippen MR) is 148 cm³/mol. The summed E-state index contributed by atoms with van der Waals surface area (Å²) in [5.74, 6) is -0.169. The van der Waals surface area contributed by atoms with Gasteiger partial charge in [-0.15, -0.1) is 0 Å². The van der Waals surface area contributed by atoms with Crippen LogP contribution in [0.2, 0.25) is 0 Å². The molecular formula is C29H35N3O5S. The van der Waals surface area contributed by atoms with E-state index in [1.54, 1.807) is 68.6 Å². The second-order valence-electron chi connectivity index (χ2n) is 9.37. The molecule has 3 rings (SSSR count). The smallest absolute Gasteiger partial charge is 0.264 e. The number of methoxy groups -OCH3 is 1. The van der Waals surface area contributed by atoms with Crippen LogP contribution in [0.15, 0.2) is 83.8 Å². The fraction of sp³-hybridized carbons (Fsp3) is 0.310. The van der Waals surface area contributed by atoms with Crippen LogP contribution < -0.4 is 14.4 Å². The van der Waals surface area contributed by atoms with E-state index in [-0.39, 0.29) is 23.4 Å². The summed E-state index contributed by atoms with van der Waals surface area (Å²) in [5, 5.41) is 2.84. The molecule has 38 heavy (non-hydrogen) atoms. The number of carbonyl (C=O) groups is 2. The van der Waals surface area contributed by atoms with Crippen LogP contribution in [-0.4, -0.2) is 50.9 Å². The number of hydrogen-bond donors (Lipinski definition) is 1. The number of nitrogens with zero attached hydrogens (tertiary/aromatic N) is 2. The average Bonchev–Trinajstić information content (AvgIpc) is 2.90. The number of ether oxygens (including phenoxy) is 1. The second-order valence-corrected chi connectivity index (χ2v) is 11.2. The largest absolute Gasteiger partial charge is 0.497 e. The number of anilines is 1. The lowest BCUT2D eigenvalue weighted by atomic mass is 10.1. The Balaban J connectivity index is 1.99. The van der Waals surface area contributed by atoms with Gasteiger partial charge in [0.1, 0.15) is 18.3 Å². The van der Waals surface area contributed by atoms with Gasteiger partial charge in [0.15, 0.2) is 0 Å². The zero-order valence-corrected chi connectivity index (χ0v) is 23.2. The first-order chi connectivity index (χ1) is 18.0. The third-order valence-corrected chi connectivity index (χ3v) is 7.83. The van der Waals surface area contributed by atoms with Gasteiger partial charge in [-0.25, -0.2) is 8.42 Å². The van der Waals surface area contributed by atoms with Crippen LogP contribution in [0.1, 0.15) is 31.9 Å². The van der Waals surface area contributed by atoms with Gasteiger partial charge in [0.2, 0.25) is 11.8 Å². The molecule has 1 atom stereocenters. The highest BCUT2D eigenvalue weighted by molar-refractivity contribution is 7.92. The molecule has 3 aromatic carbocycles. The Labute approximate surface area is 225 Å². The van der Waals surface area contributed by atoms with Crippen LogP contribution in [0.25, 0.3) is 0 Å². The van der Waals surface area contributed by atoms with Crippen LogP contribution >= 0.6 is 0 Å². The van der Waals surface area contributed by atoms with E-state index in [0.29, 0.717) is 11.4 Å². The van der Waals surface area contributed by atoms with Crippen LogP contribution in [-0.2, 0) is 26.2 Å². The Kier molecular flexibility index (Phi) is 9.52. The van der Waals surface area contributed by atoms with Gasteiger partial charge < -0.3 is 15.0 Å². The number of sulfonamides is 1. The SMILES string of the molecule is COc1ccc(CN(C(=O)CN(c2ccccc2)S(=O)(=O)c2ccc(C)cc2)[C@@H](C)C(=O)NC(C)C)cc1. The van der Waals surface area contributed by atoms with Crippen molar-refractivity contribution in [3.05, 3.63) is 90.0 Å². The lowest BCUT2D eigenvalue weighted by Gasteiger charge is -2.32. The van der Waals surface area contributed by atoms with E-state index in [0.717, 1.165) is 15.4 Å². The molecular weight excluding hydrogens is 502 g/mol. The number of para-hydroxylation sites is 1. The summed E-state index contributed by atoms with van der Waals surface area (Å²) < 4.78 is 33.8. The van der Waals surface area contributed by atoms with Gasteiger partial charge in [0, 0.05) is 12.6 Å². The summed E-state index contributed by atoms with van der Waals surface area (Å²) in [5.41, 5.74) is 2.04. The van der Waals surface area contributed by atoms with Gasteiger partial charge in [-0.05, 0) is 69.7 Å². The number of nitrogens with one attached hydrogen (secondary N) is 1. The Morgan fingerprint density at radius 2 is 1.50 bits per heavy atom. The highest BCUT2D eigenvalue weighted by Gasteiger charge is 2.32. The van der Waals surface area contributed by atoms with Crippen LogP contribution in [0.3, 0.4) is 0 Å². The molecule has 0 aromatic heterocycles. The molecule has 0 unspecified atom stereocenters. The standard InChI is InChI=1S/C29H35N3O5S/c1-21(2)30-29(34)23(4)31(19-24-13-15-26(37-5)16-14-24)28(33)20-32(25-9-7-6-8-10-25)38(35,36)27-17-11-22(3)12-18-27/h6-18,21,23H,19-20H2,1-5H3,(H,30,34)/t23-/m0/s1. The first-order valence-corrected chi connectivity index (χ1v) is 13.8. The van der Waals surface area contributed by atoms with Gasteiger partial charge in [-0.3, -0.25) is 13.9 Å². The Hall–Kier alpha value is -3.85. The van der Waals surface area contributed by atoms with Crippen molar-refractivity contribution in [2.45, 2.75) is 51.2 Å². The lowest BCUT2D eigenvalue weighted by molar-refractivity contribution is -0.139. The van der Waals surface area contributed by atoms with E-state index in [4.69, 9.17) is 4.74 Å². The van der Waals surface area contributed by atoms with Gasteiger partial charge >= 0.3 is 0 Å². The van der Waals surface area contributed by atoms with E-state index < -0.39 is 28.5 Å². The van der Waals surface area contributed by atoms with Crippen molar-refractivity contribution in [1.82, 2.24) is 10.2 Å². The molecule has 0 saturated heterocycles. The number of carbonyl (C=O) groups excluding carboxylic acids is 2. The summed E-state index contributed by atoms with van der Waals surface area (Å²) in [4.78, 5) is 28.3. The molecule has 0 bridgehead atoms. The lowest BCUT2D eigenvalue weighted by Crippen LogP contribution is -2.52. The Bertz CT molecular complexity index is 1320. The number of amides is 2. The van der Waals surface area contributed by atoms with E-state index in [1.807, 2.05) is 32.9 Å². The maximum Gasteiger partial charge on any atom is 0.264 e. The Morgan fingerprint density at radius 1 is 0.895 bits per heavy atom. The fourth-order valence-electron chi connectivity index (χ4n) is 3.88. The molecule has 0 fully saturated rings. The summed E-state index contributed by atoms with van der Waals surface area (Å²) in [6.45, 7) is 6.82. The van der Waals surface area contributed by atoms with Crippen molar-refractivity contribution in [3.8, 4) is 5.75 Å². The van der Waals surface area contributed by atoms with Crippen molar-refractivity contribution < 1.29 is 22.7 Å². The summed E-state index contributed by atoms with van der Waals surface area (Å²) in [7, 11) is -2.51. The molecule has 0 aliphatic carbocycles. The van der Waals surface area contributed by atoms with Crippen LogP contribution in [0.4, 0.5) is 5.69 Å². The molecule has 0 heterocycles. The molecule has 2 amide bonds. The van der Waals surface area contributed by atoms with E-state index >= 15 is 0 Å². The summed E-state index contributed by atoms with van der Waals surface area (Å²) in [6.07, 6.45) is 0. The van der Waals surface area contributed by atoms with Crippen molar-refractivity contribution >= 4 is 27.5 Å². The first-order valence-electron chi connectivity index (χ1n) is 12.4. The quantitative estimate of drug-likeness (QED) is 0.397. The molecule has 0 aliphatic rings. The highest BCUT2D eigenvalue weighted by Crippen LogP contribution is 2.25. The molecule has 0 saturated carbocycles. The molecule has 0 aliphatic heterocycles. The third kappa shape index (κ3) is 7.13. The average molecular weight is 538 g/mol. The van der Waals surface area contributed by atoms with Gasteiger partial charge in [0.25, 0.3) is 10.0 Å². The normalized spacial score (nSPS) is 12.1. The van der Waals surface area contributed by atoms with Crippen LogP contribution in [0, 0.1) is 6.92 Å². The molecule has 0 radical (unpaired) electrons. The molecule has 9 heteroatoms. The minimum absolute atomic E-state index is 0.0760. The maximum absolute atomic E-state index is 13.8. The zero-order valence-electron chi connectivity index (χ0n) is 22.4. The molecule has 202 valence electrons. The van der Waals surface area contributed by atoms with Crippen molar-refractivity contribution in [2.24, 2.45) is 0 Å². The number of hydrogen-bond acceptors (Lipinski definition) is 5. The third-order valence-electron chi connectivity index (χ3n) is 6.04. The first kappa shape index (κ1) is 28.7. The van der Waals surface area contributed by atoms with Crippen molar-refractivity contribution in [2.75, 3.05) is 18.0 Å². The molecule has 0 spiro atoms. The van der Waals surface area contributed by atoms with Crippen LogP contribution in [0.5, 0.6) is 5.75 Å². The molecule has 8 nitrogen and oxygen atoms in total. The summed E-state index contributed by atoms with van der Waals surface area (Å²) in [6, 6.07) is 21.2. The van der Waals surface area contributed by atoms with Crippen molar-refractivity contribution in [1.29, 1.82) is 0 Å². The maximum atomic E-state index is 13.8. The predicted octanol–water partition coefficient (Wildman–Crippen LogP) is 4.14. The Morgan fingerprint density at radius 3 is 2.05 bits per heavy atom. The minimum atomic E-state index is -4.08. The number of benzene rings is 3. The molecule has 1 N–H and O–H groups in total. The number of aryl methyl sites for hydroxylation is 1. The monoisotopic (exact) mass is 537 g/mol. The van der Waals surface area contributed by atoms with E-state index in [2.05, 4.69) is 5.32 Å².